The zero-order valence-corrected chi connectivity index (χ0v) is 14.5. The standard InChI is InChI=1S/C20H21N5O/c26-19-11-18(23-20(24-19)17-7-1-2-9-22-17)16-6-4-10-25(14-16)13-15-5-3-8-21-12-15/h1-3,5,7-9,11-12,16H,4,6,10,13-14H2,(H,23,24,26)/t16-/m1/s1. The average Bonchev–Trinajstić information content (AvgIpc) is 2.69. The molecule has 0 spiro atoms. The third-order valence-corrected chi connectivity index (χ3v) is 4.72. The lowest BCUT2D eigenvalue weighted by Gasteiger charge is -2.32. The van der Waals surface area contributed by atoms with Gasteiger partial charge in [0.15, 0.2) is 5.82 Å². The van der Waals surface area contributed by atoms with Gasteiger partial charge in [-0.2, -0.15) is 0 Å². The van der Waals surface area contributed by atoms with Crippen molar-refractivity contribution in [1.82, 2.24) is 24.8 Å². The van der Waals surface area contributed by atoms with Crippen molar-refractivity contribution in [2.45, 2.75) is 25.3 Å². The van der Waals surface area contributed by atoms with Crippen LogP contribution in [0.25, 0.3) is 11.5 Å². The normalized spacial score (nSPS) is 17.9. The number of aromatic nitrogens is 4. The first-order chi connectivity index (χ1) is 12.8. The van der Waals surface area contributed by atoms with E-state index in [9.17, 15) is 4.79 Å². The first-order valence-electron chi connectivity index (χ1n) is 8.92. The summed E-state index contributed by atoms with van der Waals surface area (Å²) in [4.78, 5) is 30.6. The van der Waals surface area contributed by atoms with E-state index in [2.05, 4.69) is 25.9 Å². The molecule has 3 aromatic rings. The molecule has 1 aliphatic rings. The van der Waals surface area contributed by atoms with Crippen LogP contribution in [0.15, 0.2) is 59.8 Å². The van der Waals surface area contributed by atoms with Gasteiger partial charge in [-0.15, -0.1) is 0 Å². The molecule has 1 N–H and O–H groups in total. The number of hydrogen-bond donors (Lipinski definition) is 1. The molecule has 1 fully saturated rings. The smallest absolute Gasteiger partial charge is 0.251 e. The molecule has 6 nitrogen and oxygen atoms in total. The number of H-pyrrole nitrogens is 1. The van der Waals surface area contributed by atoms with E-state index in [-0.39, 0.29) is 11.5 Å². The molecule has 0 aliphatic carbocycles. The quantitative estimate of drug-likeness (QED) is 0.785. The van der Waals surface area contributed by atoms with Crippen LogP contribution in [0.5, 0.6) is 0 Å². The summed E-state index contributed by atoms with van der Waals surface area (Å²) >= 11 is 0. The summed E-state index contributed by atoms with van der Waals surface area (Å²) in [6.07, 6.45) is 7.55. The van der Waals surface area contributed by atoms with Crippen molar-refractivity contribution in [2.24, 2.45) is 0 Å². The van der Waals surface area contributed by atoms with Crippen LogP contribution in [0.3, 0.4) is 0 Å². The Balaban J connectivity index is 1.55. The van der Waals surface area contributed by atoms with Crippen LogP contribution in [0.1, 0.15) is 30.0 Å². The molecule has 132 valence electrons. The highest BCUT2D eigenvalue weighted by Gasteiger charge is 2.23. The lowest BCUT2D eigenvalue weighted by Crippen LogP contribution is -2.34. The maximum absolute atomic E-state index is 12.2. The second kappa shape index (κ2) is 7.58. The Bertz CT molecular complexity index is 910. The summed E-state index contributed by atoms with van der Waals surface area (Å²) in [5, 5.41) is 0. The molecule has 4 heterocycles. The van der Waals surface area contributed by atoms with E-state index in [4.69, 9.17) is 4.98 Å². The third-order valence-electron chi connectivity index (χ3n) is 4.72. The first kappa shape index (κ1) is 16.6. The van der Waals surface area contributed by atoms with Gasteiger partial charge in [0.2, 0.25) is 0 Å². The maximum atomic E-state index is 12.2. The molecule has 1 saturated heterocycles. The summed E-state index contributed by atoms with van der Waals surface area (Å²) in [6, 6.07) is 11.3. The molecule has 0 saturated carbocycles. The Kier molecular flexibility index (Phi) is 4.84. The number of nitrogens with zero attached hydrogens (tertiary/aromatic N) is 4. The first-order valence-corrected chi connectivity index (χ1v) is 8.92. The Hall–Kier alpha value is -2.86. The highest BCUT2D eigenvalue weighted by molar-refractivity contribution is 5.48. The van der Waals surface area contributed by atoms with Gasteiger partial charge < -0.3 is 4.98 Å². The Morgan fingerprint density at radius 2 is 2.15 bits per heavy atom. The number of nitrogens with one attached hydrogen (secondary N) is 1. The molecule has 4 rings (SSSR count). The van der Waals surface area contributed by atoms with E-state index in [1.165, 1.54) is 5.56 Å². The van der Waals surface area contributed by atoms with Crippen LogP contribution >= 0.6 is 0 Å². The molecular formula is C20H21N5O. The molecule has 3 aromatic heterocycles. The van der Waals surface area contributed by atoms with Gasteiger partial charge in [-0.3, -0.25) is 19.7 Å². The second-order valence-corrected chi connectivity index (χ2v) is 6.67. The molecule has 0 radical (unpaired) electrons. The summed E-state index contributed by atoms with van der Waals surface area (Å²) < 4.78 is 0. The summed E-state index contributed by atoms with van der Waals surface area (Å²) in [5.74, 6) is 0.794. The summed E-state index contributed by atoms with van der Waals surface area (Å²) in [6.45, 7) is 2.83. The van der Waals surface area contributed by atoms with Gasteiger partial charge in [-0.25, -0.2) is 4.98 Å². The van der Waals surface area contributed by atoms with Crippen molar-refractivity contribution in [3.63, 3.8) is 0 Å². The zero-order chi connectivity index (χ0) is 17.8. The minimum absolute atomic E-state index is 0.125. The van der Waals surface area contributed by atoms with Crippen LogP contribution in [0.4, 0.5) is 0 Å². The molecule has 1 atom stereocenters. The number of likely N-dealkylation sites (tertiary alicyclic amines) is 1. The summed E-state index contributed by atoms with van der Waals surface area (Å²) in [5.41, 5.74) is 2.63. The van der Waals surface area contributed by atoms with E-state index in [0.717, 1.165) is 38.2 Å². The molecule has 0 unspecified atom stereocenters. The van der Waals surface area contributed by atoms with Crippen LogP contribution in [-0.4, -0.2) is 37.9 Å². The Labute approximate surface area is 152 Å². The van der Waals surface area contributed by atoms with E-state index in [0.29, 0.717) is 11.5 Å². The van der Waals surface area contributed by atoms with Gasteiger partial charge in [-0.05, 0) is 43.1 Å². The predicted molar refractivity (Wildman–Crippen MR) is 99.6 cm³/mol. The monoisotopic (exact) mass is 347 g/mol. The molecule has 0 bridgehead atoms. The highest BCUT2D eigenvalue weighted by Crippen LogP contribution is 2.26. The number of piperidine rings is 1. The lowest BCUT2D eigenvalue weighted by atomic mass is 9.94. The van der Waals surface area contributed by atoms with E-state index in [1.807, 2.05) is 30.5 Å². The van der Waals surface area contributed by atoms with Crippen molar-refractivity contribution < 1.29 is 0 Å². The number of hydrogen-bond acceptors (Lipinski definition) is 5. The second-order valence-electron chi connectivity index (χ2n) is 6.67. The van der Waals surface area contributed by atoms with Crippen molar-refractivity contribution in [1.29, 1.82) is 0 Å². The number of pyridine rings is 2. The Morgan fingerprint density at radius 3 is 2.96 bits per heavy atom. The SMILES string of the molecule is O=c1cc([C@@H]2CCCN(Cc3cccnc3)C2)nc(-c2ccccn2)[nH]1. The molecule has 0 amide bonds. The fraction of sp³-hybridized carbons (Fsp3) is 0.300. The highest BCUT2D eigenvalue weighted by atomic mass is 16.1. The lowest BCUT2D eigenvalue weighted by molar-refractivity contribution is 0.198. The molecule has 6 heteroatoms. The van der Waals surface area contributed by atoms with Gasteiger partial charge in [0.1, 0.15) is 5.69 Å². The molecule has 26 heavy (non-hydrogen) atoms. The fourth-order valence-corrected chi connectivity index (χ4v) is 3.50. The summed E-state index contributed by atoms with van der Waals surface area (Å²) in [7, 11) is 0. The minimum atomic E-state index is -0.125. The number of rotatable bonds is 4. The van der Waals surface area contributed by atoms with Gasteiger partial charge >= 0.3 is 0 Å². The minimum Gasteiger partial charge on any atom is -0.305 e. The molecule has 1 aliphatic heterocycles. The topological polar surface area (TPSA) is 74.8 Å². The van der Waals surface area contributed by atoms with Crippen molar-refractivity contribution in [2.75, 3.05) is 13.1 Å². The van der Waals surface area contributed by atoms with Gasteiger partial charge in [-0.1, -0.05) is 12.1 Å². The largest absolute Gasteiger partial charge is 0.305 e. The van der Waals surface area contributed by atoms with E-state index >= 15 is 0 Å². The van der Waals surface area contributed by atoms with Crippen LogP contribution in [-0.2, 0) is 6.54 Å². The van der Waals surface area contributed by atoms with E-state index < -0.39 is 0 Å². The van der Waals surface area contributed by atoms with E-state index in [1.54, 1.807) is 18.5 Å². The predicted octanol–water partition coefficient (Wildman–Crippen LogP) is 2.61. The van der Waals surface area contributed by atoms with Gasteiger partial charge in [0.25, 0.3) is 5.56 Å². The maximum Gasteiger partial charge on any atom is 0.251 e. The van der Waals surface area contributed by atoms with Crippen LogP contribution < -0.4 is 5.56 Å². The average molecular weight is 347 g/mol. The Morgan fingerprint density at radius 1 is 1.19 bits per heavy atom. The van der Waals surface area contributed by atoms with Crippen molar-refractivity contribution in [3.8, 4) is 11.5 Å². The molecule has 0 aromatic carbocycles. The van der Waals surface area contributed by atoms with Gasteiger partial charge in [0, 0.05) is 43.7 Å². The molecular weight excluding hydrogens is 326 g/mol. The zero-order valence-electron chi connectivity index (χ0n) is 14.5. The number of aromatic amines is 1. The van der Waals surface area contributed by atoms with Crippen LogP contribution in [0.2, 0.25) is 0 Å². The van der Waals surface area contributed by atoms with Crippen molar-refractivity contribution >= 4 is 0 Å². The van der Waals surface area contributed by atoms with Crippen molar-refractivity contribution in [3.05, 3.63) is 76.6 Å². The third kappa shape index (κ3) is 3.86. The van der Waals surface area contributed by atoms with Gasteiger partial charge in [0.05, 0.1) is 5.69 Å². The fourth-order valence-electron chi connectivity index (χ4n) is 3.50. The van der Waals surface area contributed by atoms with Crippen LogP contribution in [0, 0.1) is 0 Å².